The molecule has 0 fully saturated rings. The molecule has 2 aromatic carbocycles. The van der Waals surface area contributed by atoms with Gasteiger partial charge < -0.3 is 10.2 Å². The number of nitrogens with zero attached hydrogens (tertiary/aromatic N) is 2. The molecule has 0 amide bonds. The quantitative estimate of drug-likeness (QED) is 0.598. The number of hydrogen-bond donors (Lipinski definition) is 4. The summed E-state index contributed by atoms with van der Waals surface area (Å²) in [5, 5.41) is 34.9. The van der Waals surface area contributed by atoms with Crippen LogP contribution >= 0.6 is 0 Å². The summed E-state index contributed by atoms with van der Waals surface area (Å²) in [6.45, 7) is 3.89. The van der Waals surface area contributed by atoms with Crippen LogP contribution < -0.4 is 5.62 Å². The molecule has 0 aliphatic carbocycles. The number of benzene rings is 2. The average molecular weight is 310 g/mol. The van der Waals surface area contributed by atoms with E-state index in [-0.39, 0.29) is 17.1 Å². The topological polar surface area (TPSA) is 97.9 Å². The first-order valence-electron chi connectivity index (χ1n) is 7.35. The van der Waals surface area contributed by atoms with Gasteiger partial charge in [-0.3, -0.25) is 9.98 Å². The van der Waals surface area contributed by atoms with Gasteiger partial charge in [0.05, 0.1) is 11.3 Å². The van der Waals surface area contributed by atoms with Crippen LogP contribution in [0.25, 0.3) is 17.1 Å². The summed E-state index contributed by atoms with van der Waals surface area (Å²) in [7, 11) is 0. The van der Waals surface area contributed by atoms with Gasteiger partial charge in [-0.15, -0.1) is 0 Å². The smallest absolute Gasteiger partial charge is 0.222 e. The lowest BCUT2D eigenvalue weighted by Crippen LogP contribution is -2.16. The van der Waals surface area contributed by atoms with Gasteiger partial charge >= 0.3 is 0 Å². The van der Waals surface area contributed by atoms with Crippen LogP contribution in [0.1, 0.15) is 18.1 Å². The molecule has 0 unspecified atom stereocenters. The lowest BCUT2D eigenvalue weighted by Gasteiger charge is -2.11. The number of phenolic OH excluding ortho intramolecular Hbond substituents is 2. The maximum absolute atomic E-state index is 10.2. The van der Waals surface area contributed by atoms with Crippen LogP contribution in [0.5, 0.6) is 11.5 Å². The van der Waals surface area contributed by atoms with Crippen molar-refractivity contribution in [2.75, 3.05) is 0 Å². The fraction of sp³-hybridized carbons (Fsp3) is 0.176. The Hall–Kier alpha value is -3.02. The highest BCUT2D eigenvalue weighted by Gasteiger charge is 2.17. The first-order valence-corrected chi connectivity index (χ1v) is 7.35. The highest BCUT2D eigenvalue weighted by atomic mass is 16.3. The molecule has 118 valence electrons. The SMILES string of the molecule is CCc1cc(-c2n[nH]c(=N)n2-c2cccc(C)c2)c(O)cc1O. The lowest BCUT2D eigenvalue weighted by molar-refractivity contribution is 0.447. The predicted octanol–water partition coefficient (Wildman–Crippen LogP) is 2.63. The van der Waals surface area contributed by atoms with Crippen molar-refractivity contribution >= 4 is 0 Å². The standard InChI is InChI=1S/C17H18N4O2/c1-3-11-8-13(15(23)9-14(11)22)16-19-20-17(18)21(16)12-6-4-5-10(2)7-12/h4-9,22-23H,3H2,1-2H3,(H2,18,20). The van der Waals surface area contributed by atoms with Crippen LogP contribution in [0.3, 0.4) is 0 Å². The van der Waals surface area contributed by atoms with Gasteiger partial charge in [0.1, 0.15) is 11.5 Å². The fourth-order valence-corrected chi connectivity index (χ4v) is 2.60. The summed E-state index contributed by atoms with van der Waals surface area (Å²) in [5.74, 6) is 0.401. The molecule has 0 saturated carbocycles. The second-order valence-electron chi connectivity index (χ2n) is 5.42. The Labute approximate surface area is 133 Å². The van der Waals surface area contributed by atoms with E-state index < -0.39 is 0 Å². The maximum atomic E-state index is 10.2. The van der Waals surface area contributed by atoms with Crippen LogP contribution in [-0.4, -0.2) is 25.0 Å². The number of aryl methyl sites for hydroxylation is 2. The maximum Gasteiger partial charge on any atom is 0.222 e. The van der Waals surface area contributed by atoms with Gasteiger partial charge in [-0.05, 0) is 42.7 Å². The summed E-state index contributed by atoms with van der Waals surface area (Å²) in [6, 6.07) is 10.7. The summed E-state index contributed by atoms with van der Waals surface area (Å²) >= 11 is 0. The third-order valence-corrected chi connectivity index (χ3v) is 3.78. The zero-order chi connectivity index (χ0) is 16.6. The predicted molar refractivity (Wildman–Crippen MR) is 86.7 cm³/mol. The minimum absolute atomic E-state index is 0.0532. The number of aromatic hydroxyl groups is 2. The number of aromatic amines is 1. The van der Waals surface area contributed by atoms with E-state index in [1.807, 2.05) is 38.1 Å². The van der Waals surface area contributed by atoms with Crippen molar-refractivity contribution in [1.29, 1.82) is 5.41 Å². The molecule has 1 heterocycles. The van der Waals surface area contributed by atoms with Gasteiger partial charge in [0.15, 0.2) is 5.82 Å². The van der Waals surface area contributed by atoms with Crippen LogP contribution in [0.4, 0.5) is 0 Å². The summed E-state index contributed by atoms with van der Waals surface area (Å²) < 4.78 is 1.62. The number of aromatic nitrogens is 3. The Balaban J connectivity index is 2.26. The number of hydrogen-bond acceptors (Lipinski definition) is 4. The van der Waals surface area contributed by atoms with Crippen molar-refractivity contribution in [3.8, 4) is 28.6 Å². The second-order valence-corrected chi connectivity index (χ2v) is 5.42. The lowest BCUT2D eigenvalue weighted by atomic mass is 10.1. The van der Waals surface area contributed by atoms with Crippen molar-refractivity contribution in [3.63, 3.8) is 0 Å². The van der Waals surface area contributed by atoms with Crippen molar-refractivity contribution in [2.45, 2.75) is 20.3 Å². The molecule has 4 N–H and O–H groups in total. The van der Waals surface area contributed by atoms with Gasteiger partial charge in [0.2, 0.25) is 5.62 Å². The third kappa shape index (κ3) is 2.59. The van der Waals surface area contributed by atoms with E-state index in [0.29, 0.717) is 23.4 Å². The highest BCUT2D eigenvalue weighted by molar-refractivity contribution is 5.68. The van der Waals surface area contributed by atoms with Crippen LogP contribution in [0.2, 0.25) is 0 Å². The molecule has 0 atom stereocenters. The molecule has 0 aliphatic heterocycles. The molecule has 3 rings (SSSR count). The molecule has 3 aromatic rings. The molecule has 0 bridgehead atoms. The van der Waals surface area contributed by atoms with Gasteiger partial charge in [-0.1, -0.05) is 19.1 Å². The van der Waals surface area contributed by atoms with E-state index in [1.54, 1.807) is 10.6 Å². The fourth-order valence-electron chi connectivity index (χ4n) is 2.60. The van der Waals surface area contributed by atoms with E-state index in [4.69, 9.17) is 5.41 Å². The summed E-state index contributed by atoms with van der Waals surface area (Å²) in [6.07, 6.45) is 0.627. The molecule has 6 nitrogen and oxygen atoms in total. The van der Waals surface area contributed by atoms with Crippen LogP contribution in [0.15, 0.2) is 36.4 Å². The van der Waals surface area contributed by atoms with Gasteiger partial charge in [-0.25, -0.2) is 5.10 Å². The van der Waals surface area contributed by atoms with Crippen LogP contribution in [0, 0.1) is 12.3 Å². The number of nitrogens with one attached hydrogen (secondary N) is 2. The van der Waals surface area contributed by atoms with E-state index in [1.165, 1.54) is 6.07 Å². The minimum Gasteiger partial charge on any atom is -0.508 e. The summed E-state index contributed by atoms with van der Waals surface area (Å²) in [5.41, 5.74) is 3.13. The zero-order valence-electron chi connectivity index (χ0n) is 13.0. The minimum atomic E-state index is -0.0763. The molecule has 0 saturated heterocycles. The molecule has 6 heteroatoms. The Morgan fingerprint density at radius 2 is 1.96 bits per heavy atom. The summed E-state index contributed by atoms with van der Waals surface area (Å²) in [4.78, 5) is 0. The first-order chi connectivity index (χ1) is 11.0. The van der Waals surface area contributed by atoms with Crippen molar-refractivity contribution in [3.05, 3.63) is 53.1 Å². The van der Waals surface area contributed by atoms with E-state index in [9.17, 15) is 10.2 Å². The monoisotopic (exact) mass is 310 g/mol. The average Bonchev–Trinajstić information content (AvgIpc) is 2.89. The van der Waals surface area contributed by atoms with Crippen molar-refractivity contribution < 1.29 is 10.2 Å². The van der Waals surface area contributed by atoms with Crippen LogP contribution in [-0.2, 0) is 6.42 Å². The Bertz CT molecular complexity index is 925. The third-order valence-electron chi connectivity index (χ3n) is 3.78. The van der Waals surface area contributed by atoms with Gasteiger partial charge in [0.25, 0.3) is 0 Å². The Morgan fingerprint density at radius 1 is 1.17 bits per heavy atom. The van der Waals surface area contributed by atoms with Gasteiger partial charge in [-0.2, -0.15) is 5.10 Å². The number of rotatable bonds is 3. The van der Waals surface area contributed by atoms with Crippen molar-refractivity contribution in [1.82, 2.24) is 14.8 Å². The first kappa shape index (κ1) is 14.9. The molecular weight excluding hydrogens is 292 g/mol. The molecule has 23 heavy (non-hydrogen) atoms. The second kappa shape index (κ2) is 5.64. The number of phenols is 2. The largest absolute Gasteiger partial charge is 0.508 e. The zero-order valence-corrected chi connectivity index (χ0v) is 13.0. The Morgan fingerprint density at radius 3 is 2.65 bits per heavy atom. The van der Waals surface area contributed by atoms with E-state index in [0.717, 1.165) is 11.3 Å². The molecule has 0 radical (unpaired) electrons. The normalized spacial score (nSPS) is 10.9. The molecular formula is C17H18N4O2. The molecule has 0 aliphatic rings. The molecule has 0 spiro atoms. The van der Waals surface area contributed by atoms with Crippen molar-refractivity contribution in [2.24, 2.45) is 0 Å². The molecule has 1 aromatic heterocycles. The van der Waals surface area contributed by atoms with E-state index in [2.05, 4.69) is 10.2 Å². The highest BCUT2D eigenvalue weighted by Crippen LogP contribution is 2.34. The number of H-pyrrole nitrogens is 1. The van der Waals surface area contributed by atoms with E-state index >= 15 is 0 Å². The Kier molecular flexibility index (Phi) is 3.65. The van der Waals surface area contributed by atoms with Gasteiger partial charge in [0, 0.05) is 6.07 Å².